The molecule has 1 saturated heterocycles. The van der Waals surface area contributed by atoms with Gasteiger partial charge < -0.3 is 9.47 Å². The predicted molar refractivity (Wildman–Crippen MR) is 93.1 cm³/mol. The molecule has 1 atom stereocenters. The highest BCUT2D eigenvalue weighted by Gasteiger charge is 2.53. The molecule has 132 valence electrons. The van der Waals surface area contributed by atoms with Crippen molar-refractivity contribution in [2.24, 2.45) is 0 Å². The molecule has 2 aliphatic rings. The molecule has 1 aromatic rings. The lowest BCUT2D eigenvalue weighted by atomic mass is 9.86. The van der Waals surface area contributed by atoms with Gasteiger partial charge >= 0.3 is 10.3 Å². The lowest BCUT2D eigenvalue weighted by Gasteiger charge is -2.36. The Labute approximate surface area is 150 Å². The average molecular weight is 418 g/mol. The Morgan fingerprint density at radius 2 is 2.17 bits per heavy atom. The van der Waals surface area contributed by atoms with Gasteiger partial charge in [-0.1, -0.05) is 22.0 Å². The zero-order valence-electron chi connectivity index (χ0n) is 13.2. The highest BCUT2D eigenvalue weighted by atomic mass is 79.9. The zero-order chi connectivity index (χ0) is 17.2. The quantitative estimate of drug-likeness (QED) is 0.691. The van der Waals surface area contributed by atoms with E-state index in [0.717, 1.165) is 16.5 Å². The van der Waals surface area contributed by atoms with Gasteiger partial charge in [-0.15, -0.1) is 6.58 Å². The van der Waals surface area contributed by atoms with Crippen molar-refractivity contribution in [2.75, 3.05) is 33.0 Å². The Balaban J connectivity index is 2.17. The molecule has 0 aromatic heterocycles. The van der Waals surface area contributed by atoms with Crippen LogP contribution in [-0.4, -0.2) is 45.7 Å². The van der Waals surface area contributed by atoms with E-state index in [0.29, 0.717) is 32.0 Å². The van der Waals surface area contributed by atoms with Crippen LogP contribution in [0.1, 0.15) is 18.4 Å². The fourth-order valence-corrected chi connectivity index (χ4v) is 4.92. The second-order valence-electron chi connectivity index (χ2n) is 5.78. The average Bonchev–Trinajstić information content (AvgIpc) is 2.81. The number of hydrogen-bond donors (Lipinski definition) is 0. The Morgan fingerprint density at radius 1 is 1.33 bits per heavy atom. The van der Waals surface area contributed by atoms with Crippen LogP contribution >= 0.6 is 15.9 Å². The molecule has 1 fully saturated rings. The molecular weight excluding hydrogens is 398 g/mol. The van der Waals surface area contributed by atoms with Gasteiger partial charge in [0.15, 0.2) is 0 Å². The van der Waals surface area contributed by atoms with E-state index in [4.69, 9.17) is 13.7 Å². The highest BCUT2D eigenvalue weighted by molar-refractivity contribution is 9.10. The lowest BCUT2D eigenvalue weighted by molar-refractivity contribution is 0.0655. The van der Waals surface area contributed by atoms with Crippen molar-refractivity contribution in [3.8, 4) is 5.75 Å². The summed E-state index contributed by atoms with van der Waals surface area (Å²) >= 11 is 3.47. The summed E-state index contributed by atoms with van der Waals surface area (Å²) in [5.41, 5.74) is -0.0889. The molecule has 24 heavy (non-hydrogen) atoms. The summed E-state index contributed by atoms with van der Waals surface area (Å²) < 4.78 is 43.8. The van der Waals surface area contributed by atoms with Gasteiger partial charge in [-0.2, -0.15) is 12.7 Å². The van der Waals surface area contributed by atoms with Gasteiger partial charge in [0.25, 0.3) is 0 Å². The largest absolute Gasteiger partial charge is 0.493 e. The van der Waals surface area contributed by atoms with E-state index >= 15 is 0 Å². The number of hydrogen-bond acceptors (Lipinski definition) is 5. The number of rotatable bonds is 2. The third kappa shape index (κ3) is 3.25. The molecule has 0 bridgehead atoms. The summed E-state index contributed by atoms with van der Waals surface area (Å²) in [5.74, 6) is 0.676. The molecule has 2 aliphatic heterocycles. The molecule has 2 heterocycles. The molecule has 0 aliphatic carbocycles. The molecule has 1 spiro atoms. The van der Waals surface area contributed by atoms with Gasteiger partial charge in [-0.3, -0.25) is 4.18 Å². The number of fused-ring (bicyclic) bond motifs is 2. The Hall–Kier alpha value is -0.930. The van der Waals surface area contributed by atoms with Gasteiger partial charge in [0.2, 0.25) is 0 Å². The van der Waals surface area contributed by atoms with Gasteiger partial charge in [-0.05, 0) is 24.6 Å². The lowest BCUT2D eigenvalue weighted by Crippen LogP contribution is -2.46. The molecule has 0 N–H and O–H groups in total. The summed E-state index contributed by atoms with van der Waals surface area (Å²) in [5, 5.41) is 0. The zero-order valence-corrected chi connectivity index (χ0v) is 15.6. The van der Waals surface area contributed by atoms with E-state index in [-0.39, 0.29) is 13.2 Å². The fraction of sp³-hybridized carbons (Fsp3) is 0.500. The second-order valence-corrected chi connectivity index (χ2v) is 8.22. The van der Waals surface area contributed by atoms with Crippen molar-refractivity contribution in [3.05, 3.63) is 40.9 Å². The summed E-state index contributed by atoms with van der Waals surface area (Å²) in [7, 11) is -3.83. The number of halogens is 1. The molecule has 3 rings (SSSR count). The predicted octanol–water partition coefficient (Wildman–Crippen LogP) is 2.60. The maximum absolute atomic E-state index is 12.4. The Bertz CT molecular complexity index is 723. The van der Waals surface area contributed by atoms with E-state index in [1.165, 1.54) is 4.31 Å². The molecule has 0 radical (unpaired) electrons. The van der Waals surface area contributed by atoms with Gasteiger partial charge in [0.05, 0.1) is 18.8 Å². The van der Waals surface area contributed by atoms with Crippen molar-refractivity contribution < 1.29 is 22.1 Å². The van der Waals surface area contributed by atoms with E-state index < -0.39 is 15.8 Å². The molecule has 1 aromatic carbocycles. The van der Waals surface area contributed by atoms with Crippen LogP contribution in [-0.2, 0) is 24.8 Å². The molecule has 6 nitrogen and oxygen atoms in total. The fourth-order valence-electron chi connectivity index (χ4n) is 3.13. The number of ether oxygens (including phenoxy) is 2. The van der Waals surface area contributed by atoms with Crippen molar-refractivity contribution >= 4 is 26.2 Å². The molecule has 1 unspecified atom stereocenters. The third-order valence-corrected chi connectivity index (χ3v) is 6.23. The van der Waals surface area contributed by atoms with Gasteiger partial charge in [0.1, 0.15) is 5.75 Å². The smallest absolute Gasteiger partial charge is 0.339 e. The van der Waals surface area contributed by atoms with Crippen LogP contribution in [0.5, 0.6) is 5.75 Å². The maximum Gasteiger partial charge on any atom is 0.339 e. The van der Waals surface area contributed by atoms with Crippen molar-refractivity contribution in [1.82, 2.24) is 4.31 Å². The van der Waals surface area contributed by atoms with E-state index in [2.05, 4.69) is 22.5 Å². The first-order chi connectivity index (χ1) is 11.5. The Morgan fingerprint density at radius 3 is 2.96 bits per heavy atom. The van der Waals surface area contributed by atoms with Crippen LogP contribution in [0.25, 0.3) is 0 Å². The first-order valence-electron chi connectivity index (χ1n) is 7.78. The standard InChI is InChI=1S/C16H20BrNO5S/c1-2-7-18-16(12-23-24(18,19)20)6-10-21-8-3-9-22-15-5-4-13(17)11-14(15)16/h2,4-5,11H,1,3,6-10,12H2. The first-order valence-corrected chi connectivity index (χ1v) is 9.94. The number of benzene rings is 1. The second kappa shape index (κ2) is 7.13. The van der Waals surface area contributed by atoms with Crippen LogP contribution in [0.15, 0.2) is 35.3 Å². The van der Waals surface area contributed by atoms with Crippen LogP contribution in [0, 0.1) is 0 Å². The number of nitrogens with zero attached hydrogens (tertiary/aromatic N) is 1. The Kier molecular flexibility index (Phi) is 5.31. The third-order valence-electron chi connectivity index (χ3n) is 4.28. The molecule has 8 heteroatoms. The topological polar surface area (TPSA) is 65.1 Å². The summed E-state index contributed by atoms with van der Waals surface area (Å²) in [6, 6.07) is 5.65. The maximum atomic E-state index is 12.4. The van der Waals surface area contributed by atoms with Crippen LogP contribution < -0.4 is 4.74 Å². The summed E-state index contributed by atoms with van der Waals surface area (Å²) in [4.78, 5) is 0. The summed E-state index contributed by atoms with van der Waals surface area (Å²) in [6.07, 6.45) is 2.83. The normalized spacial score (nSPS) is 27.4. The van der Waals surface area contributed by atoms with Crippen LogP contribution in [0.3, 0.4) is 0 Å². The van der Waals surface area contributed by atoms with Gasteiger partial charge in [0, 0.05) is 36.2 Å². The first kappa shape index (κ1) is 17.9. The minimum absolute atomic E-state index is 0.0271. The van der Waals surface area contributed by atoms with E-state index in [1.54, 1.807) is 6.08 Å². The van der Waals surface area contributed by atoms with Gasteiger partial charge in [-0.25, -0.2) is 0 Å². The van der Waals surface area contributed by atoms with Crippen molar-refractivity contribution in [3.63, 3.8) is 0 Å². The highest BCUT2D eigenvalue weighted by Crippen LogP contribution is 2.45. The van der Waals surface area contributed by atoms with Crippen LogP contribution in [0.2, 0.25) is 0 Å². The van der Waals surface area contributed by atoms with E-state index in [9.17, 15) is 8.42 Å². The van der Waals surface area contributed by atoms with E-state index in [1.807, 2.05) is 18.2 Å². The molecular formula is C16H20BrNO5S. The van der Waals surface area contributed by atoms with Crippen LogP contribution in [0.4, 0.5) is 0 Å². The van der Waals surface area contributed by atoms with Crippen molar-refractivity contribution in [2.45, 2.75) is 18.4 Å². The SMILES string of the molecule is C=CCN1C2(CCOCCCOc3ccc(Br)cc32)COS1(=O)=O. The minimum atomic E-state index is -3.83. The summed E-state index contributed by atoms with van der Waals surface area (Å²) in [6.45, 7) is 5.41. The van der Waals surface area contributed by atoms with Crippen molar-refractivity contribution in [1.29, 1.82) is 0 Å². The molecule has 0 amide bonds. The molecule has 0 saturated carbocycles. The minimum Gasteiger partial charge on any atom is -0.493 e. The monoisotopic (exact) mass is 417 g/mol.